The molecule has 0 heterocycles. The van der Waals surface area contributed by atoms with Gasteiger partial charge in [0, 0.05) is 11.1 Å². The molecular weight excluding hydrogens is 434 g/mol. The molecule has 0 spiro atoms. The Morgan fingerprint density at radius 1 is 1.09 bits per heavy atom. The molecule has 0 bridgehead atoms. The Balaban J connectivity index is 0.000000913. The first-order valence-corrected chi connectivity index (χ1v) is 10.5. The second-order valence-corrected chi connectivity index (χ2v) is 7.95. The minimum absolute atomic E-state index is 0.0684. The first-order chi connectivity index (χ1) is 15.3. The number of hydrogen-bond acceptors (Lipinski definition) is 3. The summed E-state index contributed by atoms with van der Waals surface area (Å²) in [4.78, 5) is 12.0. The summed E-state index contributed by atoms with van der Waals surface area (Å²) in [7, 11) is 5.06. The van der Waals surface area contributed by atoms with Gasteiger partial charge < -0.3 is 15.8 Å². The van der Waals surface area contributed by atoms with E-state index in [9.17, 15) is 9.18 Å². The molecule has 0 saturated carbocycles. The van der Waals surface area contributed by atoms with Gasteiger partial charge in [-0.15, -0.1) is 0 Å². The van der Waals surface area contributed by atoms with Crippen LogP contribution in [0.5, 0.6) is 5.75 Å². The largest absolute Gasteiger partial charge is 0.494 e. The highest BCUT2D eigenvalue weighted by Crippen LogP contribution is 2.46. The van der Waals surface area contributed by atoms with E-state index in [1.807, 2.05) is 44.4 Å². The fourth-order valence-electron chi connectivity index (χ4n) is 4.10. The van der Waals surface area contributed by atoms with E-state index in [-0.39, 0.29) is 33.4 Å². The number of amides is 1. The number of ether oxygens (including phenoxy) is 1. The molecule has 7 heteroatoms. The number of carbonyl (C=O) groups excluding carboxylic acids is 1. The van der Waals surface area contributed by atoms with Crippen molar-refractivity contribution >= 4 is 17.5 Å². The molecule has 4 rings (SSSR count). The van der Waals surface area contributed by atoms with Crippen LogP contribution in [-0.2, 0) is 12.8 Å². The molecule has 3 N–H and O–H groups in total. The number of fused-ring (bicyclic) bond motifs is 1. The molecule has 168 valence electrons. The van der Waals surface area contributed by atoms with Crippen LogP contribution in [0.4, 0.5) is 8.78 Å². The number of nitrogens with two attached hydrogens (primary N) is 1. The standard InChI is InChI=1S/C23H18ClF2NO2.C2H7N/c1-29-18-8-7-15(23(27)28)20(22(18)26)19-16-10-13(12-5-3-2-4-6-12)9-14(16)11-17(25)21(19)24;1-3-2/h2-8,11,13H,9-10H2,1H3,(H2,27,28);3H,1-2H3. The van der Waals surface area contributed by atoms with Gasteiger partial charge in [-0.3, -0.25) is 4.79 Å². The molecule has 1 aliphatic rings. The highest BCUT2D eigenvalue weighted by molar-refractivity contribution is 6.34. The molecule has 1 atom stereocenters. The maximum Gasteiger partial charge on any atom is 0.249 e. The summed E-state index contributed by atoms with van der Waals surface area (Å²) in [5.74, 6) is -2.24. The molecule has 0 saturated heterocycles. The molecule has 3 aromatic rings. The second-order valence-electron chi connectivity index (χ2n) is 7.57. The number of hydrogen-bond donors (Lipinski definition) is 2. The summed E-state index contributed by atoms with van der Waals surface area (Å²) in [5.41, 5.74) is 8.03. The van der Waals surface area contributed by atoms with Gasteiger partial charge in [0.1, 0.15) is 5.82 Å². The van der Waals surface area contributed by atoms with Crippen LogP contribution in [0.3, 0.4) is 0 Å². The Morgan fingerprint density at radius 2 is 1.75 bits per heavy atom. The maximum absolute atomic E-state index is 15.3. The van der Waals surface area contributed by atoms with Gasteiger partial charge in [-0.25, -0.2) is 8.78 Å². The average molecular weight is 459 g/mol. The lowest BCUT2D eigenvalue weighted by atomic mass is 9.91. The first-order valence-electron chi connectivity index (χ1n) is 10.1. The number of primary amides is 1. The number of benzene rings is 3. The van der Waals surface area contributed by atoms with Crippen LogP contribution in [-0.4, -0.2) is 27.1 Å². The van der Waals surface area contributed by atoms with Crippen molar-refractivity contribution in [3.63, 3.8) is 0 Å². The highest BCUT2D eigenvalue weighted by atomic mass is 35.5. The van der Waals surface area contributed by atoms with E-state index < -0.39 is 17.5 Å². The number of halogens is 3. The zero-order chi connectivity index (χ0) is 23.4. The summed E-state index contributed by atoms with van der Waals surface area (Å²) >= 11 is 6.31. The first kappa shape index (κ1) is 23.7. The van der Waals surface area contributed by atoms with Gasteiger partial charge in [-0.05, 0) is 67.7 Å². The second kappa shape index (κ2) is 10.1. The maximum atomic E-state index is 15.3. The van der Waals surface area contributed by atoms with E-state index >= 15 is 4.39 Å². The van der Waals surface area contributed by atoms with Crippen molar-refractivity contribution in [3.8, 4) is 16.9 Å². The van der Waals surface area contributed by atoms with Crippen molar-refractivity contribution in [2.45, 2.75) is 18.8 Å². The topological polar surface area (TPSA) is 64.3 Å². The normalized spacial score (nSPS) is 14.4. The molecule has 3 aromatic carbocycles. The van der Waals surface area contributed by atoms with E-state index in [1.54, 1.807) is 0 Å². The summed E-state index contributed by atoms with van der Waals surface area (Å²) in [6.07, 6.45) is 1.14. The minimum atomic E-state index is -0.826. The van der Waals surface area contributed by atoms with Crippen LogP contribution in [0.15, 0.2) is 48.5 Å². The zero-order valence-electron chi connectivity index (χ0n) is 18.1. The van der Waals surface area contributed by atoms with Crippen molar-refractivity contribution in [1.82, 2.24) is 5.32 Å². The summed E-state index contributed by atoms with van der Waals surface area (Å²) < 4.78 is 35.0. The van der Waals surface area contributed by atoms with E-state index in [0.717, 1.165) is 16.7 Å². The van der Waals surface area contributed by atoms with Gasteiger partial charge in [-0.1, -0.05) is 41.9 Å². The van der Waals surface area contributed by atoms with Gasteiger partial charge in [0.05, 0.1) is 17.7 Å². The third-order valence-corrected chi connectivity index (χ3v) is 5.82. The molecule has 0 aliphatic heterocycles. The molecule has 0 radical (unpaired) electrons. The van der Waals surface area contributed by atoms with E-state index in [4.69, 9.17) is 22.1 Å². The lowest BCUT2D eigenvalue weighted by molar-refractivity contribution is 0.100. The van der Waals surface area contributed by atoms with Gasteiger partial charge in [0.2, 0.25) is 5.91 Å². The fraction of sp³-hybridized carbons (Fsp3) is 0.240. The monoisotopic (exact) mass is 458 g/mol. The third kappa shape index (κ3) is 4.47. The SMILES string of the molecule is CNC.COc1ccc(C(N)=O)c(-c2c(Cl)c(F)cc3c2CC(c2ccccc2)C3)c1F. The van der Waals surface area contributed by atoms with Crippen molar-refractivity contribution in [1.29, 1.82) is 0 Å². The summed E-state index contributed by atoms with van der Waals surface area (Å²) in [5, 5.41) is 2.52. The molecule has 1 amide bonds. The summed E-state index contributed by atoms with van der Waals surface area (Å²) in [6.45, 7) is 0. The Morgan fingerprint density at radius 3 is 2.34 bits per heavy atom. The van der Waals surface area contributed by atoms with Gasteiger partial charge in [0.25, 0.3) is 0 Å². The van der Waals surface area contributed by atoms with Gasteiger partial charge in [-0.2, -0.15) is 0 Å². The predicted octanol–water partition coefficient (Wildman–Crippen LogP) is 5.11. The zero-order valence-corrected chi connectivity index (χ0v) is 18.9. The quantitative estimate of drug-likeness (QED) is 0.571. The van der Waals surface area contributed by atoms with Gasteiger partial charge in [0.15, 0.2) is 11.6 Å². The van der Waals surface area contributed by atoms with Crippen molar-refractivity contribution in [2.24, 2.45) is 5.73 Å². The van der Waals surface area contributed by atoms with Crippen molar-refractivity contribution < 1.29 is 18.3 Å². The number of carbonyl (C=O) groups is 1. The molecule has 1 aliphatic carbocycles. The molecular formula is C25H25ClF2N2O2. The van der Waals surface area contributed by atoms with Crippen LogP contribution in [0.2, 0.25) is 5.02 Å². The third-order valence-electron chi connectivity index (χ3n) is 5.45. The van der Waals surface area contributed by atoms with Crippen LogP contribution in [0.25, 0.3) is 11.1 Å². The van der Waals surface area contributed by atoms with Gasteiger partial charge >= 0.3 is 0 Å². The Bertz CT molecular complexity index is 1140. The Hall–Kier alpha value is -2.96. The molecule has 32 heavy (non-hydrogen) atoms. The van der Waals surface area contributed by atoms with Crippen LogP contribution >= 0.6 is 11.6 Å². The molecule has 4 nitrogen and oxygen atoms in total. The highest BCUT2D eigenvalue weighted by Gasteiger charge is 2.32. The number of rotatable bonds is 4. The molecule has 0 fully saturated rings. The van der Waals surface area contributed by atoms with E-state index in [0.29, 0.717) is 12.8 Å². The van der Waals surface area contributed by atoms with Crippen LogP contribution in [0.1, 0.15) is 33.0 Å². The van der Waals surface area contributed by atoms with E-state index in [2.05, 4.69) is 5.32 Å². The lowest BCUT2D eigenvalue weighted by Gasteiger charge is -2.17. The van der Waals surface area contributed by atoms with Crippen LogP contribution in [0, 0.1) is 11.6 Å². The fourth-order valence-corrected chi connectivity index (χ4v) is 4.36. The number of nitrogens with one attached hydrogen (secondary N) is 1. The molecule has 1 unspecified atom stereocenters. The van der Waals surface area contributed by atoms with E-state index in [1.165, 1.54) is 25.3 Å². The Labute approximate surface area is 191 Å². The molecule has 0 aromatic heterocycles. The predicted molar refractivity (Wildman–Crippen MR) is 123 cm³/mol. The Kier molecular flexibility index (Phi) is 7.48. The lowest BCUT2D eigenvalue weighted by Crippen LogP contribution is -2.14. The smallest absolute Gasteiger partial charge is 0.249 e. The average Bonchev–Trinajstić information content (AvgIpc) is 3.19. The minimum Gasteiger partial charge on any atom is -0.494 e. The number of methoxy groups -OCH3 is 1. The summed E-state index contributed by atoms with van der Waals surface area (Å²) in [6, 6.07) is 13.9. The van der Waals surface area contributed by atoms with Crippen LogP contribution < -0.4 is 15.8 Å². The van der Waals surface area contributed by atoms with Crippen molar-refractivity contribution in [3.05, 3.63) is 87.4 Å². The van der Waals surface area contributed by atoms with Crippen molar-refractivity contribution in [2.75, 3.05) is 21.2 Å².